The molecule has 6 heteroatoms. The Kier molecular flexibility index (Phi) is 3.90. The Bertz CT molecular complexity index is 487. The summed E-state index contributed by atoms with van der Waals surface area (Å²) >= 11 is 0. The summed E-state index contributed by atoms with van der Waals surface area (Å²) in [5.41, 5.74) is 5.71. The van der Waals surface area contributed by atoms with Crippen molar-refractivity contribution in [2.75, 3.05) is 32.5 Å². The number of nitrogens with two attached hydrogens (primary N) is 1. The lowest BCUT2D eigenvalue weighted by Gasteiger charge is -2.38. The van der Waals surface area contributed by atoms with E-state index >= 15 is 0 Å². The molecule has 0 aromatic heterocycles. The molecule has 2 rings (SSSR count). The molecule has 3 N–H and O–H groups in total. The second-order valence-corrected chi connectivity index (χ2v) is 4.60. The highest BCUT2D eigenvalue weighted by Gasteiger charge is 2.27. The standard InChI is InChI=1S/C13H18FN3O2/c1-3-17-6-8(7-17)16-13(18)9-4-12(19-2)11(15)5-10(9)14/h4-5,8H,3,6-7,15H2,1-2H3,(H,16,18). The van der Waals surface area contributed by atoms with E-state index in [9.17, 15) is 9.18 Å². The second-order valence-electron chi connectivity index (χ2n) is 4.60. The van der Waals surface area contributed by atoms with Gasteiger partial charge in [-0.15, -0.1) is 0 Å². The van der Waals surface area contributed by atoms with Crippen LogP contribution in [0.1, 0.15) is 17.3 Å². The first-order valence-corrected chi connectivity index (χ1v) is 6.21. The van der Waals surface area contributed by atoms with Crippen molar-refractivity contribution in [3.8, 4) is 5.75 Å². The van der Waals surface area contributed by atoms with Crippen LogP contribution in [0.15, 0.2) is 12.1 Å². The number of amides is 1. The monoisotopic (exact) mass is 267 g/mol. The van der Waals surface area contributed by atoms with Crippen LogP contribution in [0.25, 0.3) is 0 Å². The van der Waals surface area contributed by atoms with Crippen LogP contribution >= 0.6 is 0 Å². The summed E-state index contributed by atoms with van der Waals surface area (Å²) in [5, 5.41) is 2.79. The van der Waals surface area contributed by atoms with Crippen molar-refractivity contribution >= 4 is 11.6 Å². The molecule has 5 nitrogen and oxygen atoms in total. The van der Waals surface area contributed by atoms with Gasteiger partial charge in [0.1, 0.15) is 11.6 Å². The van der Waals surface area contributed by atoms with Gasteiger partial charge < -0.3 is 15.8 Å². The molecule has 1 saturated heterocycles. The molecule has 1 aliphatic heterocycles. The Labute approximate surface area is 111 Å². The molecule has 0 aliphatic carbocycles. The third-order valence-electron chi connectivity index (χ3n) is 3.30. The summed E-state index contributed by atoms with van der Waals surface area (Å²) in [6.07, 6.45) is 0. The molecule has 1 aromatic carbocycles. The van der Waals surface area contributed by atoms with Crippen molar-refractivity contribution in [2.24, 2.45) is 0 Å². The van der Waals surface area contributed by atoms with Gasteiger partial charge in [0.05, 0.1) is 24.4 Å². The Morgan fingerprint density at radius 1 is 1.58 bits per heavy atom. The topological polar surface area (TPSA) is 67.6 Å². The number of halogens is 1. The fourth-order valence-electron chi connectivity index (χ4n) is 2.10. The molecule has 0 unspecified atom stereocenters. The van der Waals surface area contributed by atoms with Gasteiger partial charge in [-0.25, -0.2) is 4.39 Å². The van der Waals surface area contributed by atoms with Crippen LogP contribution in [0.5, 0.6) is 5.75 Å². The smallest absolute Gasteiger partial charge is 0.254 e. The number of methoxy groups -OCH3 is 1. The Morgan fingerprint density at radius 2 is 2.26 bits per heavy atom. The normalized spacial score (nSPS) is 15.9. The fraction of sp³-hybridized carbons (Fsp3) is 0.462. The zero-order chi connectivity index (χ0) is 14.0. The van der Waals surface area contributed by atoms with E-state index in [2.05, 4.69) is 17.1 Å². The maximum Gasteiger partial charge on any atom is 0.254 e. The van der Waals surface area contributed by atoms with Crippen LogP contribution in [0.4, 0.5) is 10.1 Å². The summed E-state index contributed by atoms with van der Waals surface area (Å²) in [5.74, 6) is -0.769. The molecular formula is C13H18FN3O2. The van der Waals surface area contributed by atoms with E-state index < -0.39 is 11.7 Å². The maximum absolute atomic E-state index is 13.7. The van der Waals surface area contributed by atoms with Gasteiger partial charge in [-0.2, -0.15) is 0 Å². The van der Waals surface area contributed by atoms with Gasteiger partial charge >= 0.3 is 0 Å². The number of carbonyl (C=O) groups is 1. The molecule has 1 aliphatic rings. The number of carbonyl (C=O) groups excluding carboxylic acids is 1. The lowest BCUT2D eigenvalue weighted by molar-refractivity contribution is 0.0820. The van der Waals surface area contributed by atoms with Crippen LogP contribution in [-0.4, -0.2) is 43.6 Å². The summed E-state index contributed by atoms with van der Waals surface area (Å²) in [7, 11) is 1.43. The van der Waals surface area contributed by atoms with Crippen molar-refractivity contribution in [3.05, 3.63) is 23.5 Å². The number of nitrogens with one attached hydrogen (secondary N) is 1. The number of rotatable bonds is 4. The van der Waals surface area contributed by atoms with Crippen molar-refractivity contribution in [2.45, 2.75) is 13.0 Å². The number of anilines is 1. The average Bonchev–Trinajstić information content (AvgIpc) is 2.33. The van der Waals surface area contributed by atoms with Gasteiger partial charge in [0.25, 0.3) is 5.91 Å². The minimum absolute atomic E-state index is 0.0407. The molecule has 1 heterocycles. The summed E-state index contributed by atoms with van der Waals surface area (Å²) in [4.78, 5) is 14.2. The van der Waals surface area contributed by atoms with E-state index in [1.165, 1.54) is 13.2 Å². The van der Waals surface area contributed by atoms with Crippen LogP contribution < -0.4 is 15.8 Å². The average molecular weight is 267 g/mol. The number of nitrogens with zero attached hydrogens (tertiary/aromatic N) is 1. The van der Waals surface area contributed by atoms with Crippen LogP contribution in [0.2, 0.25) is 0 Å². The molecule has 104 valence electrons. The molecule has 0 radical (unpaired) electrons. The summed E-state index contributed by atoms with van der Waals surface area (Å²) in [6, 6.07) is 2.51. The second kappa shape index (κ2) is 5.44. The first-order valence-electron chi connectivity index (χ1n) is 6.21. The first-order chi connectivity index (χ1) is 9.05. The highest BCUT2D eigenvalue weighted by molar-refractivity contribution is 5.95. The van der Waals surface area contributed by atoms with Gasteiger partial charge in [0.2, 0.25) is 0 Å². The largest absolute Gasteiger partial charge is 0.495 e. The molecule has 0 spiro atoms. The molecule has 0 atom stereocenters. The lowest BCUT2D eigenvalue weighted by Crippen LogP contribution is -2.59. The number of nitrogen functional groups attached to an aromatic ring is 1. The molecule has 19 heavy (non-hydrogen) atoms. The minimum Gasteiger partial charge on any atom is -0.495 e. The number of benzene rings is 1. The van der Waals surface area contributed by atoms with E-state index in [4.69, 9.17) is 10.5 Å². The molecule has 0 bridgehead atoms. The van der Waals surface area contributed by atoms with Crippen LogP contribution in [-0.2, 0) is 0 Å². The van der Waals surface area contributed by atoms with E-state index in [-0.39, 0.29) is 17.3 Å². The van der Waals surface area contributed by atoms with Crippen molar-refractivity contribution in [1.82, 2.24) is 10.2 Å². The third kappa shape index (κ3) is 2.78. The number of likely N-dealkylation sites (tertiary alicyclic amines) is 1. The first kappa shape index (κ1) is 13.6. The number of hydrogen-bond donors (Lipinski definition) is 2. The quantitative estimate of drug-likeness (QED) is 0.794. The number of likely N-dealkylation sites (N-methyl/N-ethyl adjacent to an activating group) is 1. The zero-order valence-electron chi connectivity index (χ0n) is 11.1. The zero-order valence-corrected chi connectivity index (χ0v) is 11.1. The Hall–Kier alpha value is -1.82. The Balaban J connectivity index is 2.07. The van der Waals surface area contributed by atoms with Crippen molar-refractivity contribution in [3.63, 3.8) is 0 Å². The number of hydrogen-bond acceptors (Lipinski definition) is 4. The van der Waals surface area contributed by atoms with Gasteiger partial charge in [-0.1, -0.05) is 6.92 Å². The SMILES string of the molecule is CCN1CC(NC(=O)c2cc(OC)c(N)cc2F)C1. The maximum atomic E-state index is 13.7. The van der Waals surface area contributed by atoms with E-state index in [1.807, 2.05) is 0 Å². The molecule has 1 fully saturated rings. The highest BCUT2D eigenvalue weighted by Crippen LogP contribution is 2.25. The predicted molar refractivity (Wildman–Crippen MR) is 70.7 cm³/mol. The lowest BCUT2D eigenvalue weighted by atomic mass is 10.1. The molecule has 0 saturated carbocycles. The van der Waals surface area contributed by atoms with E-state index in [0.29, 0.717) is 5.75 Å². The Morgan fingerprint density at radius 3 is 2.84 bits per heavy atom. The third-order valence-corrected chi connectivity index (χ3v) is 3.30. The van der Waals surface area contributed by atoms with Crippen LogP contribution in [0, 0.1) is 5.82 Å². The highest BCUT2D eigenvalue weighted by atomic mass is 19.1. The molecule has 1 amide bonds. The molecule has 1 aromatic rings. The summed E-state index contributed by atoms with van der Waals surface area (Å²) < 4.78 is 18.7. The summed E-state index contributed by atoms with van der Waals surface area (Å²) in [6.45, 7) is 4.62. The number of ether oxygens (including phenoxy) is 1. The fourth-order valence-corrected chi connectivity index (χ4v) is 2.10. The molecular weight excluding hydrogens is 249 g/mol. The minimum atomic E-state index is -0.637. The van der Waals surface area contributed by atoms with Crippen molar-refractivity contribution < 1.29 is 13.9 Å². The van der Waals surface area contributed by atoms with E-state index in [1.54, 1.807) is 0 Å². The van der Waals surface area contributed by atoms with Gasteiger partial charge in [-0.3, -0.25) is 9.69 Å². The van der Waals surface area contributed by atoms with Crippen molar-refractivity contribution in [1.29, 1.82) is 0 Å². The van der Waals surface area contributed by atoms with Crippen LogP contribution in [0.3, 0.4) is 0 Å². The van der Waals surface area contributed by atoms with Gasteiger partial charge in [0, 0.05) is 19.2 Å². The van der Waals surface area contributed by atoms with E-state index in [0.717, 1.165) is 25.7 Å². The predicted octanol–water partition coefficient (Wildman–Crippen LogP) is 0.850. The van der Waals surface area contributed by atoms with Gasteiger partial charge in [0.15, 0.2) is 0 Å². The van der Waals surface area contributed by atoms with Gasteiger partial charge in [-0.05, 0) is 12.6 Å².